The molecule has 0 radical (unpaired) electrons. The van der Waals surface area contributed by atoms with Gasteiger partial charge in [0.25, 0.3) is 0 Å². The highest BCUT2D eigenvalue weighted by molar-refractivity contribution is 6.04. The van der Waals surface area contributed by atoms with E-state index in [4.69, 9.17) is 9.72 Å². The van der Waals surface area contributed by atoms with Gasteiger partial charge in [0.05, 0.1) is 28.9 Å². The van der Waals surface area contributed by atoms with Crippen molar-refractivity contribution in [2.75, 3.05) is 26.2 Å². The predicted octanol–water partition coefficient (Wildman–Crippen LogP) is 4.86. The number of ether oxygens (including phenoxy) is 1. The number of hydrogen-bond donors (Lipinski definition) is 1. The summed E-state index contributed by atoms with van der Waals surface area (Å²) in [4.78, 5) is 27.4. The zero-order valence-electron chi connectivity index (χ0n) is 20.3. The van der Waals surface area contributed by atoms with E-state index in [2.05, 4.69) is 40.8 Å². The van der Waals surface area contributed by atoms with Gasteiger partial charge >= 0.3 is 5.69 Å². The Morgan fingerprint density at radius 3 is 2.62 bits per heavy atom. The maximum absolute atomic E-state index is 12.4. The average molecular weight is 460 g/mol. The van der Waals surface area contributed by atoms with Crippen molar-refractivity contribution in [2.45, 2.75) is 45.4 Å². The lowest BCUT2D eigenvalue weighted by Crippen LogP contribution is -2.31. The van der Waals surface area contributed by atoms with Crippen molar-refractivity contribution in [3.63, 3.8) is 0 Å². The van der Waals surface area contributed by atoms with Crippen molar-refractivity contribution in [1.29, 1.82) is 0 Å². The lowest BCUT2D eigenvalue weighted by atomic mass is 10.0. The molecule has 1 aliphatic heterocycles. The minimum Gasteiger partial charge on any atom is -0.478 e. The summed E-state index contributed by atoms with van der Waals surface area (Å²) in [5.74, 6) is 0.866. The summed E-state index contributed by atoms with van der Waals surface area (Å²) in [7, 11) is 1.79. The molecule has 1 saturated heterocycles. The molecule has 0 unspecified atom stereocenters. The van der Waals surface area contributed by atoms with Crippen LogP contribution in [0, 0.1) is 0 Å². The molecule has 4 heterocycles. The van der Waals surface area contributed by atoms with Gasteiger partial charge in [-0.1, -0.05) is 26.3 Å². The molecule has 0 atom stereocenters. The van der Waals surface area contributed by atoms with E-state index in [9.17, 15) is 4.79 Å². The topological polar surface area (TPSA) is 76.0 Å². The second kappa shape index (κ2) is 9.58. The number of fused-ring (bicyclic) bond motifs is 3. The van der Waals surface area contributed by atoms with Crippen LogP contribution in [0.2, 0.25) is 0 Å². The number of aromatic nitrogens is 4. The number of piperidine rings is 1. The highest BCUT2D eigenvalue weighted by Gasteiger charge is 2.17. The van der Waals surface area contributed by atoms with Gasteiger partial charge in [-0.3, -0.25) is 9.55 Å². The Kier molecular flexibility index (Phi) is 6.37. The highest BCUT2D eigenvalue weighted by atomic mass is 16.5. The summed E-state index contributed by atoms with van der Waals surface area (Å²) in [6, 6.07) is 10.1. The van der Waals surface area contributed by atoms with Crippen LogP contribution in [0.15, 0.2) is 41.3 Å². The second-order valence-electron chi connectivity index (χ2n) is 9.59. The fourth-order valence-electron chi connectivity index (χ4n) is 4.90. The van der Waals surface area contributed by atoms with Crippen LogP contribution in [0.3, 0.4) is 0 Å². The number of aryl methyl sites for hydroxylation is 1. The number of nitrogens with one attached hydrogen (secondary N) is 1. The molecule has 1 N–H and O–H groups in total. The number of H-pyrrole nitrogens is 1. The van der Waals surface area contributed by atoms with Gasteiger partial charge in [0, 0.05) is 36.8 Å². The Balaban J connectivity index is 1.35. The van der Waals surface area contributed by atoms with E-state index in [1.807, 2.05) is 24.4 Å². The molecule has 3 aromatic heterocycles. The number of hydrogen-bond acceptors (Lipinski definition) is 5. The number of nitrogens with zero attached hydrogens (tertiary/aromatic N) is 4. The first-order chi connectivity index (χ1) is 16.5. The monoisotopic (exact) mass is 459 g/mol. The fourth-order valence-corrected chi connectivity index (χ4v) is 4.90. The lowest BCUT2D eigenvalue weighted by Gasteiger charge is -2.26. The SMILES string of the molecule is CC(C)c1nc2ccc(-c3ccc(OCCCN4CCCCC4)nc3)cc2c2[nH]c(=O)n(C)c12. The van der Waals surface area contributed by atoms with Crippen molar-refractivity contribution in [1.82, 2.24) is 24.4 Å². The zero-order valence-corrected chi connectivity index (χ0v) is 20.3. The van der Waals surface area contributed by atoms with Gasteiger partial charge in [0.1, 0.15) is 0 Å². The highest BCUT2D eigenvalue weighted by Crippen LogP contribution is 2.31. The number of rotatable bonds is 7. The molecule has 178 valence electrons. The Morgan fingerprint density at radius 2 is 1.88 bits per heavy atom. The summed E-state index contributed by atoms with van der Waals surface area (Å²) in [6.07, 6.45) is 6.87. The van der Waals surface area contributed by atoms with E-state index in [1.54, 1.807) is 11.6 Å². The van der Waals surface area contributed by atoms with Crippen molar-refractivity contribution in [3.8, 4) is 17.0 Å². The van der Waals surface area contributed by atoms with Gasteiger partial charge in [0.15, 0.2) is 0 Å². The Morgan fingerprint density at radius 1 is 1.09 bits per heavy atom. The lowest BCUT2D eigenvalue weighted by molar-refractivity contribution is 0.203. The smallest absolute Gasteiger partial charge is 0.326 e. The number of aromatic amines is 1. The van der Waals surface area contributed by atoms with Gasteiger partial charge in [-0.15, -0.1) is 0 Å². The molecule has 7 nitrogen and oxygen atoms in total. The van der Waals surface area contributed by atoms with Gasteiger partial charge in [-0.25, -0.2) is 9.78 Å². The molecular formula is C27H33N5O2. The number of likely N-dealkylation sites (tertiary alicyclic amines) is 1. The number of imidazole rings is 1. The minimum atomic E-state index is -0.125. The molecule has 1 fully saturated rings. The average Bonchev–Trinajstić information content (AvgIpc) is 3.16. The van der Waals surface area contributed by atoms with E-state index in [0.717, 1.165) is 51.7 Å². The maximum atomic E-state index is 12.4. The van der Waals surface area contributed by atoms with Crippen LogP contribution >= 0.6 is 0 Å². The van der Waals surface area contributed by atoms with Crippen molar-refractivity contribution in [2.24, 2.45) is 7.05 Å². The van der Waals surface area contributed by atoms with Crippen LogP contribution in [0.5, 0.6) is 5.88 Å². The van der Waals surface area contributed by atoms with E-state index in [0.29, 0.717) is 12.5 Å². The van der Waals surface area contributed by atoms with E-state index >= 15 is 0 Å². The van der Waals surface area contributed by atoms with Crippen molar-refractivity contribution in [3.05, 3.63) is 52.7 Å². The van der Waals surface area contributed by atoms with Crippen LogP contribution in [-0.2, 0) is 7.05 Å². The standard InChI is InChI=1S/C27H33N5O2/c1-18(2)24-26-25(30-27(33)31(26)3)21-16-19(8-10-22(21)29-24)20-9-11-23(28-17-20)34-15-7-14-32-12-5-4-6-13-32/h8-11,16-18H,4-7,12-15H2,1-3H3,(H,30,33). The van der Waals surface area contributed by atoms with Crippen LogP contribution in [0.1, 0.15) is 51.1 Å². The molecule has 1 aromatic carbocycles. The first kappa shape index (κ1) is 22.6. The van der Waals surface area contributed by atoms with E-state index < -0.39 is 0 Å². The fraction of sp³-hybridized carbons (Fsp3) is 0.444. The summed E-state index contributed by atoms with van der Waals surface area (Å²) in [5, 5.41) is 0.938. The van der Waals surface area contributed by atoms with Crippen LogP contribution in [-0.4, -0.2) is 50.7 Å². The van der Waals surface area contributed by atoms with Gasteiger partial charge in [0.2, 0.25) is 5.88 Å². The van der Waals surface area contributed by atoms with Gasteiger partial charge in [-0.2, -0.15) is 0 Å². The molecule has 0 saturated carbocycles. The van der Waals surface area contributed by atoms with Crippen LogP contribution < -0.4 is 10.4 Å². The second-order valence-corrected chi connectivity index (χ2v) is 9.59. The third-order valence-corrected chi connectivity index (χ3v) is 6.79. The largest absolute Gasteiger partial charge is 0.478 e. The third-order valence-electron chi connectivity index (χ3n) is 6.79. The Labute approximate surface area is 199 Å². The summed E-state index contributed by atoms with van der Waals surface area (Å²) >= 11 is 0. The van der Waals surface area contributed by atoms with Gasteiger partial charge < -0.3 is 14.6 Å². The molecule has 4 aromatic rings. The molecule has 0 bridgehead atoms. The summed E-state index contributed by atoms with van der Waals surface area (Å²) < 4.78 is 7.53. The van der Waals surface area contributed by atoms with Crippen LogP contribution in [0.4, 0.5) is 0 Å². The minimum absolute atomic E-state index is 0.125. The quantitative estimate of drug-likeness (QED) is 0.400. The summed E-state index contributed by atoms with van der Waals surface area (Å²) in [6.45, 7) is 8.41. The molecule has 1 aliphatic rings. The summed E-state index contributed by atoms with van der Waals surface area (Å²) in [5.41, 5.74) is 5.42. The van der Waals surface area contributed by atoms with Crippen LogP contribution in [0.25, 0.3) is 33.1 Å². The molecule has 0 spiro atoms. The predicted molar refractivity (Wildman–Crippen MR) is 137 cm³/mol. The molecule has 0 amide bonds. The van der Waals surface area contributed by atoms with Crippen molar-refractivity contribution < 1.29 is 4.74 Å². The molecule has 5 rings (SSSR count). The van der Waals surface area contributed by atoms with Gasteiger partial charge in [-0.05, 0) is 62.0 Å². The first-order valence-corrected chi connectivity index (χ1v) is 12.3. The molecular weight excluding hydrogens is 426 g/mol. The number of benzene rings is 1. The molecule has 7 heteroatoms. The normalized spacial score (nSPS) is 14.9. The molecule has 0 aliphatic carbocycles. The third kappa shape index (κ3) is 4.44. The molecule has 34 heavy (non-hydrogen) atoms. The number of pyridine rings is 2. The first-order valence-electron chi connectivity index (χ1n) is 12.3. The Bertz CT molecular complexity index is 1350. The maximum Gasteiger partial charge on any atom is 0.326 e. The van der Waals surface area contributed by atoms with E-state index in [-0.39, 0.29) is 11.6 Å². The van der Waals surface area contributed by atoms with E-state index in [1.165, 1.54) is 32.4 Å². The Hall–Kier alpha value is -3.19. The van der Waals surface area contributed by atoms with Crippen molar-refractivity contribution >= 4 is 21.9 Å². The zero-order chi connectivity index (χ0) is 23.7.